The third-order valence-corrected chi connectivity index (χ3v) is 6.28. The molecule has 2 aromatic carbocycles. The largest absolute Gasteiger partial charge is 0.386 e. The Morgan fingerprint density at radius 2 is 1.67 bits per heavy atom. The van der Waals surface area contributed by atoms with Gasteiger partial charge in [0.15, 0.2) is 0 Å². The number of aryl methyl sites for hydroxylation is 4. The Morgan fingerprint density at radius 3 is 2.17 bits per heavy atom. The van der Waals surface area contributed by atoms with Gasteiger partial charge in [0.25, 0.3) is 0 Å². The van der Waals surface area contributed by atoms with E-state index in [2.05, 4.69) is 39.8 Å². The second kappa shape index (κ2) is 7.62. The topological polar surface area (TPSA) is 49.9 Å². The molecule has 0 aliphatic carbocycles. The highest BCUT2D eigenvalue weighted by Gasteiger charge is 2.30. The third-order valence-electron chi connectivity index (χ3n) is 4.31. The molecule has 0 fully saturated rings. The van der Waals surface area contributed by atoms with E-state index in [1.54, 1.807) is 11.8 Å². The molecule has 0 aromatic heterocycles. The molecule has 0 amide bonds. The SMILES string of the molecule is Cc1cc(C)c(SC(C)(CCc2ccc(Cl)cc2)C(=N)N)c(C)c1. The summed E-state index contributed by atoms with van der Waals surface area (Å²) >= 11 is 7.66. The lowest BCUT2D eigenvalue weighted by Crippen LogP contribution is -2.38. The van der Waals surface area contributed by atoms with Gasteiger partial charge >= 0.3 is 0 Å². The van der Waals surface area contributed by atoms with E-state index in [4.69, 9.17) is 22.7 Å². The van der Waals surface area contributed by atoms with Crippen LogP contribution in [0.5, 0.6) is 0 Å². The van der Waals surface area contributed by atoms with E-state index in [0.29, 0.717) is 0 Å². The quantitative estimate of drug-likeness (QED) is 0.395. The smallest absolute Gasteiger partial charge is 0.107 e. The maximum Gasteiger partial charge on any atom is 0.107 e. The van der Waals surface area contributed by atoms with Crippen molar-refractivity contribution in [2.24, 2.45) is 5.73 Å². The average molecular weight is 361 g/mol. The molecule has 2 nitrogen and oxygen atoms in total. The molecule has 4 heteroatoms. The van der Waals surface area contributed by atoms with E-state index in [1.807, 2.05) is 24.3 Å². The standard InChI is InChI=1S/C20H25ClN2S/c1-13-11-14(2)18(15(3)12-13)24-20(4,19(22)23)10-9-16-5-7-17(21)8-6-16/h5-8,11-12H,9-10H2,1-4H3,(H3,22,23). The van der Waals surface area contributed by atoms with Gasteiger partial charge in [-0.05, 0) is 69.4 Å². The van der Waals surface area contributed by atoms with Crippen LogP contribution in [0.1, 0.15) is 35.6 Å². The lowest BCUT2D eigenvalue weighted by Gasteiger charge is -2.29. The predicted molar refractivity (Wildman–Crippen MR) is 107 cm³/mol. The van der Waals surface area contributed by atoms with Crippen molar-refractivity contribution in [3.63, 3.8) is 0 Å². The summed E-state index contributed by atoms with van der Waals surface area (Å²) in [5.41, 5.74) is 10.9. The first-order chi connectivity index (χ1) is 11.2. The van der Waals surface area contributed by atoms with Crippen LogP contribution in [0, 0.1) is 26.2 Å². The molecular formula is C20H25ClN2S. The monoisotopic (exact) mass is 360 g/mol. The van der Waals surface area contributed by atoms with Crippen molar-refractivity contribution in [1.29, 1.82) is 5.41 Å². The number of hydrogen-bond donors (Lipinski definition) is 2. The summed E-state index contributed by atoms with van der Waals surface area (Å²) in [6.07, 6.45) is 1.67. The van der Waals surface area contributed by atoms with Crippen LogP contribution in [0.25, 0.3) is 0 Å². The third kappa shape index (κ3) is 4.55. The Morgan fingerprint density at radius 1 is 1.12 bits per heavy atom. The zero-order valence-electron chi connectivity index (χ0n) is 14.7. The lowest BCUT2D eigenvalue weighted by molar-refractivity contribution is 0.718. The number of rotatable bonds is 6. The molecule has 0 aliphatic heterocycles. The van der Waals surface area contributed by atoms with Crippen molar-refractivity contribution in [1.82, 2.24) is 0 Å². The van der Waals surface area contributed by atoms with E-state index in [1.165, 1.54) is 27.1 Å². The minimum atomic E-state index is -0.426. The van der Waals surface area contributed by atoms with Crippen molar-refractivity contribution >= 4 is 29.2 Å². The Kier molecular flexibility index (Phi) is 6.00. The van der Waals surface area contributed by atoms with Crippen LogP contribution in [0.2, 0.25) is 5.02 Å². The van der Waals surface area contributed by atoms with Gasteiger partial charge in [0.1, 0.15) is 5.84 Å². The number of halogens is 1. The fourth-order valence-corrected chi connectivity index (χ4v) is 4.16. The summed E-state index contributed by atoms with van der Waals surface area (Å²) < 4.78 is -0.426. The molecule has 0 spiro atoms. The molecule has 0 radical (unpaired) electrons. The Hall–Kier alpha value is -1.45. The second-order valence-electron chi connectivity index (χ2n) is 6.60. The van der Waals surface area contributed by atoms with Crippen LogP contribution >= 0.6 is 23.4 Å². The van der Waals surface area contributed by atoms with Crippen molar-refractivity contribution < 1.29 is 0 Å². The molecule has 0 bridgehead atoms. The molecule has 0 aliphatic rings. The lowest BCUT2D eigenvalue weighted by atomic mass is 9.99. The van der Waals surface area contributed by atoms with Gasteiger partial charge in [0.2, 0.25) is 0 Å². The summed E-state index contributed by atoms with van der Waals surface area (Å²) in [6, 6.07) is 12.3. The molecule has 1 atom stereocenters. The minimum absolute atomic E-state index is 0.223. The molecule has 0 saturated heterocycles. The Balaban J connectivity index is 2.21. The molecule has 0 heterocycles. The van der Waals surface area contributed by atoms with Gasteiger partial charge in [-0.15, -0.1) is 11.8 Å². The van der Waals surface area contributed by atoms with Gasteiger partial charge in [-0.25, -0.2) is 0 Å². The molecule has 24 heavy (non-hydrogen) atoms. The van der Waals surface area contributed by atoms with E-state index >= 15 is 0 Å². The zero-order chi connectivity index (χ0) is 17.9. The minimum Gasteiger partial charge on any atom is -0.386 e. The van der Waals surface area contributed by atoms with Crippen molar-refractivity contribution in [3.8, 4) is 0 Å². The molecule has 2 aromatic rings. The molecular weight excluding hydrogens is 336 g/mol. The highest BCUT2D eigenvalue weighted by atomic mass is 35.5. The number of thioether (sulfide) groups is 1. The first kappa shape index (κ1) is 18.9. The van der Waals surface area contributed by atoms with Crippen LogP contribution in [0.3, 0.4) is 0 Å². The van der Waals surface area contributed by atoms with Gasteiger partial charge in [-0.3, -0.25) is 5.41 Å². The number of nitrogens with two attached hydrogens (primary N) is 1. The molecule has 2 rings (SSSR count). The van der Waals surface area contributed by atoms with Crippen molar-refractivity contribution in [2.45, 2.75) is 50.2 Å². The number of nitrogens with one attached hydrogen (secondary N) is 1. The molecule has 3 N–H and O–H groups in total. The summed E-state index contributed by atoms with van der Waals surface area (Å²) in [5, 5.41) is 8.86. The summed E-state index contributed by atoms with van der Waals surface area (Å²) in [7, 11) is 0. The van der Waals surface area contributed by atoms with Gasteiger partial charge in [-0.2, -0.15) is 0 Å². The summed E-state index contributed by atoms with van der Waals surface area (Å²) in [6.45, 7) is 8.43. The number of hydrogen-bond acceptors (Lipinski definition) is 2. The van der Waals surface area contributed by atoms with E-state index in [-0.39, 0.29) is 5.84 Å². The van der Waals surface area contributed by atoms with Crippen LogP contribution in [0.15, 0.2) is 41.3 Å². The maximum atomic E-state index is 8.12. The van der Waals surface area contributed by atoms with E-state index in [0.717, 1.165) is 17.9 Å². The Bertz CT molecular complexity index is 717. The molecule has 1 unspecified atom stereocenters. The predicted octanol–water partition coefficient (Wildman–Crippen LogP) is 5.68. The zero-order valence-corrected chi connectivity index (χ0v) is 16.3. The fourth-order valence-electron chi connectivity index (χ4n) is 2.83. The van der Waals surface area contributed by atoms with Gasteiger partial charge in [-0.1, -0.05) is 41.4 Å². The molecule has 128 valence electrons. The van der Waals surface area contributed by atoms with Gasteiger partial charge in [0.05, 0.1) is 4.75 Å². The average Bonchev–Trinajstić information content (AvgIpc) is 2.50. The van der Waals surface area contributed by atoms with Crippen LogP contribution in [0.4, 0.5) is 0 Å². The Labute approximate surface area is 154 Å². The first-order valence-electron chi connectivity index (χ1n) is 8.07. The van der Waals surface area contributed by atoms with Crippen molar-refractivity contribution in [2.75, 3.05) is 0 Å². The number of benzene rings is 2. The van der Waals surface area contributed by atoms with Gasteiger partial charge in [0, 0.05) is 9.92 Å². The maximum absolute atomic E-state index is 8.12. The fraction of sp³-hybridized carbons (Fsp3) is 0.350. The van der Waals surface area contributed by atoms with Gasteiger partial charge < -0.3 is 5.73 Å². The highest BCUT2D eigenvalue weighted by Crippen LogP contribution is 2.40. The molecule has 0 saturated carbocycles. The van der Waals surface area contributed by atoms with E-state index in [9.17, 15) is 0 Å². The van der Waals surface area contributed by atoms with Crippen LogP contribution in [-0.4, -0.2) is 10.6 Å². The van der Waals surface area contributed by atoms with Crippen LogP contribution in [-0.2, 0) is 6.42 Å². The number of amidine groups is 1. The highest BCUT2D eigenvalue weighted by molar-refractivity contribution is 8.01. The second-order valence-corrected chi connectivity index (χ2v) is 8.55. The summed E-state index contributed by atoms with van der Waals surface area (Å²) in [5.74, 6) is 0.223. The van der Waals surface area contributed by atoms with E-state index < -0.39 is 4.75 Å². The first-order valence-corrected chi connectivity index (χ1v) is 9.26. The van der Waals surface area contributed by atoms with Crippen molar-refractivity contribution in [3.05, 3.63) is 63.7 Å². The normalized spacial score (nSPS) is 13.5. The van der Waals surface area contributed by atoms with Crippen LogP contribution < -0.4 is 5.73 Å². The summed E-state index contributed by atoms with van der Waals surface area (Å²) in [4.78, 5) is 1.23.